The molecular weight excluding hydrogens is 319 g/mol. The second-order valence-corrected chi connectivity index (χ2v) is 6.18. The molecule has 0 amide bonds. The van der Waals surface area contributed by atoms with E-state index in [0.717, 1.165) is 5.65 Å². The van der Waals surface area contributed by atoms with Crippen LogP contribution in [-0.4, -0.2) is 15.4 Å². The number of hydrogen-bond acceptors (Lipinski definition) is 4. The summed E-state index contributed by atoms with van der Waals surface area (Å²) in [5, 5.41) is 0.617. The highest BCUT2D eigenvalue weighted by molar-refractivity contribution is 7.17. The van der Waals surface area contributed by atoms with Crippen molar-refractivity contribution in [3.05, 3.63) is 56.6 Å². The van der Waals surface area contributed by atoms with Gasteiger partial charge in [-0.2, -0.15) is 0 Å². The van der Waals surface area contributed by atoms with E-state index in [9.17, 15) is 4.79 Å². The Morgan fingerprint density at radius 2 is 2.10 bits per heavy atom. The van der Waals surface area contributed by atoms with Gasteiger partial charge in [-0.3, -0.25) is 0 Å². The highest BCUT2D eigenvalue weighted by Gasteiger charge is 2.11. The van der Waals surface area contributed by atoms with Gasteiger partial charge in [0.25, 0.3) is 0 Å². The van der Waals surface area contributed by atoms with Crippen LogP contribution in [0.15, 0.2) is 36.7 Å². The lowest BCUT2D eigenvalue weighted by Crippen LogP contribution is -2.03. The molecular formula is C13H8Cl2N2O2S. The maximum atomic E-state index is 11.8. The van der Waals surface area contributed by atoms with Crippen molar-refractivity contribution >= 4 is 46.2 Å². The number of pyridine rings is 1. The van der Waals surface area contributed by atoms with E-state index in [2.05, 4.69) is 4.98 Å². The van der Waals surface area contributed by atoms with Gasteiger partial charge in [-0.15, -0.1) is 11.3 Å². The van der Waals surface area contributed by atoms with Crippen LogP contribution in [0.4, 0.5) is 0 Å². The summed E-state index contributed by atoms with van der Waals surface area (Å²) in [6.45, 7) is 0.105. The number of carbonyl (C=O) groups excluding carboxylic acids is 1. The van der Waals surface area contributed by atoms with Gasteiger partial charge in [-0.1, -0.05) is 23.2 Å². The van der Waals surface area contributed by atoms with Crippen molar-refractivity contribution in [2.45, 2.75) is 6.61 Å². The smallest absolute Gasteiger partial charge is 0.348 e. The topological polar surface area (TPSA) is 43.6 Å². The minimum absolute atomic E-state index is 0.105. The second-order valence-electron chi connectivity index (χ2n) is 4.02. The Bertz CT molecular complexity index is 782. The molecule has 102 valence electrons. The molecule has 0 fully saturated rings. The van der Waals surface area contributed by atoms with Crippen LogP contribution in [0.25, 0.3) is 5.65 Å². The normalized spacial score (nSPS) is 10.9. The third kappa shape index (κ3) is 2.80. The zero-order chi connectivity index (χ0) is 14.1. The molecule has 0 unspecified atom stereocenters. The van der Waals surface area contributed by atoms with Crippen LogP contribution < -0.4 is 0 Å². The minimum atomic E-state index is -0.406. The van der Waals surface area contributed by atoms with E-state index in [1.165, 1.54) is 11.3 Å². The Morgan fingerprint density at radius 3 is 2.85 bits per heavy atom. The number of imidazole rings is 1. The van der Waals surface area contributed by atoms with E-state index in [0.29, 0.717) is 19.9 Å². The van der Waals surface area contributed by atoms with Crippen molar-refractivity contribution in [2.75, 3.05) is 0 Å². The Balaban J connectivity index is 1.72. The molecule has 0 aliphatic heterocycles. The predicted molar refractivity (Wildman–Crippen MR) is 78.7 cm³/mol. The molecule has 3 heterocycles. The number of hydrogen-bond donors (Lipinski definition) is 0. The van der Waals surface area contributed by atoms with Gasteiger partial charge in [0, 0.05) is 12.4 Å². The van der Waals surface area contributed by atoms with Crippen molar-refractivity contribution in [3.8, 4) is 0 Å². The van der Waals surface area contributed by atoms with Gasteiger partial charge in [0.15, 0.2) is 0 Å². The maximum absolute atomic E-state index is 11.8. The van der Waals surface area contributed by atoms with E-state index in [-0.39, 0.29) is 6.61 Å². The maximum Gasteiger partial charge on any atom is 0.348 e. The highest BCUT2D eigenvalue weighted by Crippen LogP contribution is 2.22. The number of carbonyl (C=O) groups is 1. The SMILES string of the molecule is O=C(OCc1cn2cc(Cl)ccc2n1)c1ccc(Cl)s1. The van der Waals surface area contributed by atoms with Gasteiger partial charge >= 0.3 is 5.97 Å². The molecule has 0 saturated carbocycles. The van der Waals surface area contributed by atoms with Gasteiger partial charge in [0.1, 0.15) is 17.1 Å². The average molecular weight is 327 g/mol. The molecule has 3 aromatic rings. The molecule has 7 heteroatoms. The van der Waals surface area contributed by atoms with Crippen LogP contribution in [0, 0.1) is 0 Å². The first kappa shape index (κ1) is 13.4. The molecule has 0 bridgehead atoms. The zero-order valence-corrected chi connectivity index (χ0v) is 12.4. The third-order valence-electron chi connectivity index (χ3n) is 2.59. The standard InChI is InChI=1S/C13H8Cl2N2O2S/c14-8-1-4-12-16-9(6-17(12)5-8)7-19-13(18)10-2-3-11(15)20-10/h1-6H,7H2. The first-order valence-electron chi connectivity index (χ1n) is 5.67. The monoisotopic (exact) mass is 326 g/mol. The number of aromatic nitrogens is 2. The molecule has 0 atom stereocenters. The Kier molecular flexibility index (Phi) is 3.65. The second kappa shape index (κ2) is 5.44. The van der Waals surface area contributed by atoms with Crippen LogP contribution >= 0.6 is 34.5 Å². The molecule has 0 aromatic carbocycles. The number of ether oxygens (including phenoxy) is 1. The van der Waals surface area contributed by atoms with Gasteiger partial charge in [-0.05, 0) is 24.3 Å². The summed E-state index contributed by atoms with van der Waals surface area (Å²) in [6, 6.07) is 6.86. The molecule has 0 aliphatic rings. The summed E-state index contributed by atoms with van der Waals surface area (Å²) in [6.07, 6.45) is 3.52. The first-order chi connectivity index (χ1) is 9.61. The lowest BCUT2D eigenvalue weighted by molar-refractivity contribution is 0.0474. The molecule has 0 spiro atoms. The summed E-state index contributed by atoms with van der Waals surface area (Å²) in [7, 11) is 0. The third-order valence-corrected chi connectivity index (χ3v) is 4.03. The minimum Gasteiger partial charge on any atom is -0.455 e. The molecule has 20 heavy (non-hydrogen) atoms. The van der Waals surface area contributed by atoms with E-state index in [1.54, 1.807) is 41.1 Å². The molecule has 0 radical (unpaired) electrons. The van der Waals surface area contributed by atoms with Crippen LogP contribution in [0.3, 0.4) is 0 Å². The Morgan fingerprint density at radius 1 is 1.25 bits per heavy atom. The molecule has 3 rings (SSSR count). The fraction of sp³-hybridized carbons (Fsp3) is 0.0769. The Hall–Kier alpha value is -1.56. The van der Waals surface area contributed by atoms with Crippen molar-refractivity contribution in [1.29, 1.82) is 0 Å². The van der Waals surface area contributed by atoms with Crippen LogP contribution in [0.2, 0.25) is 9.36 Å². The fourth-order valence-corrected chi connectivity index (χ4v) is 2.83. The molecule has 4 nitrogen and oxygen atoms in total. The number of nitrogens with zero attached hydrogens (tertiary/aromatic N) is 2. The van der Waals surface area contributed by atoms with Gasteiger partial charge < -0.3 is 9.14 Å². The average Bonchev–Trinajstić information content (AvgIpc) is 3.01. The molecule has 0 saturated heterocycles. The van der Waals surface area contributed by atoms with E-state index in [4.69, 9.17) is 27.9 Å². The van der Waals surface area contributed by atoms with Crippen molar-refractivity contribution in [2.24, 2.45) is 0 Å². The molecule has 0 aliphatic carbocycles. The van der Waals surface area contributed by atoms with Gasteiger partial charge in [0.2, 0.25) is 0 Å². The van der Waals surface area contributed by atoms with Gasteiger partial charge in [-0.25, -0.2) is 9.78 Å². The summed E-state index contributed by atoms with van der Waals surface area (Å²) in [5.41, 5.74) is 1.41. The molecule has 0 N–H and O–H groups in total. The summed E-state index contributed by atoms with van der Waals surface area (Å²) in [4.78, 5) is 16.6. The number of halogens is 2. The summed E-state index contributed by atoms with van der Waals surface area (Å²) < 4.78 is 7.53. The van der Waals surface area contributed by atoms with Crippen LogP contribution in [0.5, 0.6) is 0 Å². The number of rotatable bonds is 3. The fourth-order valence-electron chi connectivity index (χ4n) is 1.72. The van der Waals surface area contributed by atoms with Crippen molar-refractivity contribution in [3.63, 3.8) is 0 Å². The van der Waals surface area contributed by atoms with Crippen LogP contribution in [-0.2, 0) is 11.3 Å². The largest absolute Gasteiger partial charge is 0.455 e. The lowest BCUT2D eigenvalue weighted by Gasteiger charge is -1.99. The lowest BCUT2D eigenvalue weighted by atomic mass is 10.4. The summed E-state index contributed by atoms with van der Waals surface area (Å²) in [5.74, 6) is -0.406. The van der Waals surface area contributed by atoms with E-state index >= 15 is 0 Å². The predicted octanol–water partition coefficient (Wildman–Crippen LogP) is 4.06. The Labute approximate surface area is 128 Å². The van der Waals surface area contributed by atoms with Crippen molar-refractivity contribution < 1.29 is 9.53 Å². The van der Waals surface area contributed by atoms with Gasteiger partial charge in [0.05, 0.1) is 15.1 Å². The quantitative estimate of drug-likeness (QED) is 0.682. The van der Waals surface area contributed by atoms with E-state index in [1.807, 2.05) is 0 Å². The van der Waals surface area contributed by atoms with Crippen LogP contribution in [0.1, 0.15) is 15.4 Å². The summed E-state index contributed by atoms with van der Waals surface area (Å²) >= 11 is 12.9. The molecule has 3 aromatic heterocycles. The number of thiophene rings is 1. The number of fused-ring (bicyclic) bond motifs is 1. The highest BCUT2D eigenvalue weighted by atomic mass is 35.5. The zero-order valence-electron chi connectivity index (χ0n) is 10.0. The van der Waals surface area contributed by atoms with E-state index < -0.39 is 5.97 Å². The first-order valence-corrected chi connectivity index (χ1v) is 7.25. The number of esters is 1. The van der Waals surface area contributed by atoms with Crippen molar-refractivity contribution in [1.82, 2.24) is 9.38 Å².